The molecule has 0 unspecified atom stereocenters. The third-order valence-electron chi connectivity index (χ3n) is 3.84. The molecule has 26 heavy (non-hydrogen) atoms. The van der Waals surface area contributed by atoms with E-state index in [1.165, 1.54) is 19.2 Å². The molecular weight excluding hydrogens is 350 g/mol. The molecule has 0 bridgehead atoms. The molecule has 2 aromatic carbocycles. The fourth-order valence-electron chi connectivity index (χ4n) is 2.69. The van der Waals surface area contributed by atoms with Gasteiger partial charge in [-0.2, -0.15) is 10.2 Å². The molecule has 0 amide bonds. The van der Waals surface area contributed by atoms with Crippen molar-refractivity contribution in [2.75, 3.05) is 12.8 Å². The van der Waals surface area contributed by atoms with Crippen LogP contribution in [0, 0.1) is 11.3 Å². The van der Waals surface area contributed by atoms with E-state index >= 15 is 0 Å². The molecule has 0 spiro atoms. The van der Waals surface area contributed by atoms with E-state index in [0.29, 0.717) is 5.56 Å². The quantitative estimate of drug-likeness (QED) is 0.762. The summed E-state index contributed by atoms with van der Waals surface area (Å²) in [4.78, 5) is 3.86. The zero-order valence-corrected chi connectivity index (χ0v) is 14.7. The molecule has 1 aromatic heterocycles. The van der Waals surface area contributed by atoms with E-state index < -0.39 is 9.84 Å². The second-order valence-corrected chi connectivity index (χ2v) is 7.27. The van der Waals surface area contributed by atoms with Crippen LogP contribution in [-0.2, 0) is 9.84 Å². The van der Waals surface area contributed by atoms with E-state index in [9.17, 15) is 13.7 Å². The Hall–Kier alpha value is -3.37. The molecule has 2 N–H and O–H groups in total. The van der Waals surface area contributed by atoms with Crippen molar-refractivity contribution in [1.29, 1.82) is 5.26 Å². The highest BCUT2D eigenvalue weighted by atomic mass is 32.2. The van der Waals surface area contributed by atoms with Crippen molar-refractivity contribution >= 4 is 15.7 Å². The Labute approximate surface area is 151 Å². The van der Waals surface area contributed by atoms with E-state index in [1.54, 1.807) is 48.5 Å². The minimum Gasteiger partial charge on any atom is -0.480 e. The first-order valence-corrected chi connectivity index (χ1v) is 9.12. The van der Waals surface area contributed by atoms with Crippen LogP contribution in [0.4, 0.5) is 5.82 Å². The number of rotatable bonds is 4. The molecule has 130 valence electrons. The van der Waals surface area contributed by atoms with Crippen molar-refractivity contribution in [3.05, 3.63) is 66.2 Å². The van der Waals surface area contributed by atoms with Crippen LogP contribution in [0.1, 0.15) is 5.56 Å². The smallest absolute Gasteiger partial charge is 0.234 e. The molecule has 0 aliphatic heterocycles. The van der Waals surface area contributed by atoms with Crippen molar-refractivity contribution in [2.24, 2.45) is 0 Å². The van der Waals surface area contributed by atoms with Gasteiger partial charge in [0.05, 0.1) is 12.0 Å². The standard InChI is InChI=1S/C19H15N3O3S/c1-25-19-15(12-20)16(13-8-4-2-5-9-13)17(18(21)22-19)26(23,24)14-10-6-3-7-11-14/h2-11H,1H3,(H2,21,22). The van der Waals surface area contributed by atoms with Gasteiger partial charge in [-0.1, -0.05) is 48.5 Å². The molecule has 0 aliphatic carbocycles. The van der Waals surface area contributed by atoms with Gasteiger partial charge in [0.1, 0.15) is 22.3 Å². The number of hydrogen-bond acceptors (Lipinski definition) is 6. The monoisotopic (exact) mass is 365 g/mol. The molecular formula is C19H15N3O3S. The molecule has 7 heteroatoms. The third-order valence-corrected chi connectivity index (χ3v) is 5.68. The molecule has 0 radical (unpaired) electrons. The minimum absolute atomic E-state index is 0.0161. The van der Waals surface area contributed by atoms with Crippen LogP contribution < -0.4 is 10.5 Å². The molecule has 0 aliphatic rings. The first-order chi connectivity index (χ1) is 12.5. The van der Waals surface area contributed by atoms with Gasteiger partial charge in [-0.05, 0) is 17.7 Å². The Balaban J connectivity index is 2.45. The lowest BCUT2D eigenvalue weighted by molar-refractivity contribution is 0.397. The fourth-order valence-corrected chi connectivity index (χ4v) is 4.25. The predicted molar refractivity (Wildman–Crippen MR) is 97.2 cm³/mol. The summed E-state index contributed by atoms with van der Waals surface area (Å²) in [7, 11) is -2.65. The Morgan fingerprint density at radius 2 is 1.62 bits per heavy atom. The second-order valence-electron chi connectivity index (χ2n) is 5.38. The Kier molecular flexibility index (Phi) is 4.61. The first-order valence-electron chi connectivity index (χ1n) is 7.63. The Morgan fingerprint density at radius 1 is 1.04 bits per heavy atom. The number of nitriles is 1. The number of nitrogens with two attached hydrogens (primary N) is 1. The van der Waals surface area contributed by atoms with Gasteiger partial charge in [-0.25, -0.2) is 8.42 Å². The number of sulfone groups is 1. The average Bonchev–Trinajstić information content (AvgIpc) is 2.68. The maximum atomic E-state index is 13.2. The van der Waals surface area contributed by atoms with Gasteiger partial charge in [0.2, 0.25) is 15.7 Å². The highest BCUT2D eigenvalue weighted by Gasteiger charge is 2.30. The third kappa shape index (κ3) is 2.87. The number of benzene rings is 2. The van der Waals surface area contributed by atoms with Gasteiger partial charge in [-0.3, -0.25) is 0 Å². The Bertz CT molecular complexity index is 1090. The molecule has 3 aromatic rings. The van der Waals surface area contributed by atoms with Crippen LogP contribution in [0.5, 0.6) is 5.88 Å². The van der Waals surface area contributed by atoms with Gasteiger partial charge in [0.25, 0.3) is 0 Å². The van der Waals surface area contributed by atoms with E-state index in [4.69, 9.17) is 10.5 Å². The van der Waals surface area contributed by atoms with Crippen molar-refractivity contribution < 1.29 is 13.2 Å². The van der Waals surface area contributed by atoms with Crippen molar-refractivity contribution in [2.45, 2.75) is 9.79 Å². The van der Waals surface area contributed by atoms with Crippen LogP contribution in [0.2, 0.25) is 0 Å². The average molecular weight is 365 g/mol. The lowest BCUT2D eigenvalue weighted by atomic mass is 10.0. The van der Waals surface area contributed by atoms with Crippen LogP contribution in [-0.4, -0.2) is 20.5 Å². The normalized spacial score (nSPS) is 10.9. The lowest BCUT2D eigenvalue weighted by Crippen LogP contribution is -2.12. The van der Waals surface area contributed by atoms with Crippen LogP contribution in [0.15, 0.2) is 70.5 Å². The number of nitrogen functional groups attached to an aromatic ring is 1. The number of nitrogens with zero attached hydrogens (tertiary/aromatic N) is 2. The number of ether oxygens (including phenoxy) is 1. The lowest BCUT2D eigenvalue weighted by Gasteiger charge is -2.16. The summed E-state index contributed by atoms with van der Waals surface area (Å²) in [5.41, 5.74) is 6.73. The summed E-state index contributed by atoms with van der Waals surface area (Å²) >= 11 is 0. The topological polar surface area (TPSA) is 106 Å². The highest BCUT2D eigenvalue weighted by molar-refractivity contribution is 7.91. The number of methoxy groups -OCH3 is 1. The summed E-state index contributed by atoms with van der Waals surface area (Å²) in [6.07, 6.45) is 0. The van der Waals surface area contributed by atoms with Crippen molar-refractivity contribution in [3.63, 3.8) is 0 Å². The first kappa shape index (κ1) is 17.5. The molecule has 1 heterocycles. The van der Waals surface area contributed by atoms with Crippen LogP contribution >= 0.6 is 0 Å². The predicted octanol–water partition coefficient (Wildman–Crippen LogP) is 3.04. The van der Waals surface area contributed by atoms with Gasteiger partial charge >= 0.3 is 0 Å². The Morgan fingerprint density at radius 3 is 2.15 bits per heavy atom. The minimum atomic E-state index is -4.00. The van der Waals surface area contributed by atoms with Gasteiger partial charge in [-0.15, -0.1) is 0 Å². The number of hydrogen-bond donors (Lipinski definition) is 1. The zero-order chi connectivity index (χ0) is 18.7. The van der Waals surface area contributed by atoms with Gasteiger partial charge in [0.15, 0.2) is 0 Å². The van der Waals surface area contributed by atoms with Crippen LogP contribution in [0.25, 0.3) is 11.1 Å². The van der Waals surface area contributed by atoms with E-state index in [2.05, 4.69) is 4.98 Å². The maximum Gasteiger partial charge on any atom is 0.234 e. The van der Waals surface area contributed by atoms with E-state index in [-0.39, 0.29) is 32.6 Å². The SMILES string of the molecule is COc1nc(N)c(S(=O)(=O)c2ccccc2)c(-c2ccccc2)c1C#N. The summed E-state index contributed by atoms with van der Waals surface area (Å²) in [5.74, 6) is -0.237. The van der Waals surface area contributed by atoms with Crippen molar-refractivity contribution in [1.82, 2.24) is 4.98 Å². The van der Waals surface area contributed by atoms with E-state index in [1.807, 2.05) is 6.07 Å². The maximum absolute atomic E-state index is 13.2. The summed E-state index contributed by atoms with van der Waals surface area (Å²) in [6, 6.07) is 18.6. The largest absolute Gasteiger partial charge is 0.480 e. The molecule has 0 fully saturated rings. The summed E-state index contributed by atoms with van der Waals surface area (Å²) in [5, 5.41) is 9.64. The van der Waals surface area contributed by atoms with E-state index in [0.717, 1.165) is 0 Å². The number of aromatic nitrogens is 1. The number of pyridine rings is 1. The highest BCUT2D eigenvalue weighted by Crippen LogP contribution is 2.40. The number of anilines is 1. The van der Waals surface area contributed by atoms with Gasteiger partial charge in [0, 0.05) is 5.56 Å². The van der Waals surface area contributed by atoms with Crippen LogP contribution in [0.3, 0.4) is 0 Å². The molecule has 0 atom stereocenters. The molecule has 0 saturated heterocycles. The van der Waals surface area contributed by atoms with Gasteiger partial charge < -0.3 is 10.5 Å². The summed E-state index contributed by atoms with van der Waals surface area (Å²) < 4.78 is 31.6. The summed E-state index contributed by atoms with van der Waals surface area (Å²) in [6.45, 7) is 0. The van der Waals surface area contributed by atoms with Crippen molar-refractivity contribution in [3.8, 4) is 23.1 Å². The zero-order valence-electron chi connectivity index (χ0n) is 13.9. The fraction of sp³-hybridized carbons (Fsp3) is 0.0526. The molecule has 0 saturated carbocycles. The molecule has 6 nitrogen and oxygen atoms in total. The molecule has 3 rings (SSSR count). The second kappa shape index (κ2) is 6.86.